The van der Waals surface area contributed by atoms with Crippen molar-refractivity contribution in [1.29, 1.82) is 0 Å². The molecule has 0 saturated heterocycles. The minimum atomic E-state index is -1.27. The van der Waals surface area contributed by atoms with E-state index < -0.39 is 47.8 Å². The van der Waals surface area contributed by atoms with E-state index in [1.807, 2.05) is 0 Å². The lowest BCUT2D eigenvalue weighted by atomic mass is 10.0. The van der Waals surface area contributed by atoms with Crippen LogP contribution < -0.4 is 10.6 Å². The van der Waals surface area contributed by atoms with Crippen molar-refractivity contribution >= 4 is 29.6 Å². The molecule has 2 rings (SSSR count). The highest BCUT2D eigenvalue weighted by Crippen LogP contribution is 2.21. The van der Waals surface area contributed by atoms with Crippen LogP contribution in [0.5, 0.6) is 0 Å². The van der Waals surface area contributed by atoms with Crippen molar-refractivity contribution in [2.24, 2.45) is 0 Å². The lowest BCUT2D eigenvalue weighted by molar-refractivity contribution is -0.139. The second-order valence-electron chi connectivity index (χ2n) is 5.26. The van der Waals surface area contributed by atoms with Gasteiger partial charge < -0.3 is 20.1 Å². The van der Waals surface area contributed by atoms with Crippen LogP contribution >= 0.6 is 11.6 Å². The van der Waals surface area contributed by atoms with Gasteiger partial charge in [-0.25, -0.2) is 23.2 Å². The van der Waals surface area contributed by atoms with Gasteiger partial charge in [0.05, 0.1) is 34.5 Å². The number of carbonyl (C=O) groups excluding carboxylic acids is 3. The van der Waals surface area contributed by atoms with Gasteiger partial charge in [-0.1, -0.05) is 11.6 Å². The molecular weight excluding hydrogens is 374 g/mol. The van der Waals surface area contributed by atoms with Crippen LogP contribution in [0.1, 0.15) is 24.2 Å². The molecule has 26 heavy (non-hydrogen) atoms. The SMILES string of the molecule is CCOC(=O)C1=C(COC(=O)c2cc(F)c(F)cc2Cl)NC(=O)NC1C. The summed E-state index contributed by atoms with van der Waals surface area (Å²) in [6.45, 7) is 2.78. The van der Waals surface area contributed by atoms with E-state index in [1.165, 1.54) is 0 Å². The molecule has 1 aliphatic rings. The predicted octanol–water partition coefficient (Wildman–Crippen LogP) is 2.29. The summed E-state index contributed by atoms with van der Waals surface area (Å²) >= 11 is 5.71. The zero-order valence-electron chi connectivity index (χ0n) is 13.8. The molecule has 0 spiro atoms. The second-order valence-corrected chi connectivity index (χ2v) is 5.66. The summed E-state index contributed by atoms with van der Waals surface area (Å²) < 4.78 is 36.3. The maximum absolute atomic E-state index is 13.3. The van der Waals surface area contributed by atoms with Gasteiger partial charge >= 0.3 is 18.0 Å². The number of hydrogen-bond donors (Lipinski definition) is 2. The lowest BCUT2D eigenvalue weighted by Crippen LogP contribution is -2.50. The van der Waals surface area contributed by atoms with E-state index in [4.69, 9.17) is 21.1 Å². The van der Waals surface area contributed by atoms with Crippen molar-refractivity contribution in [3.8, 4) is 0 Å². The summed E-state index contributed by atoms with van der Waals surface area (Å²) in [4.78, 5) is 35.7. The molecule has 7 nitrogen and oxygen atoms in total. The molecule has 10 heteroatoms. The maximum atomic E-state index is 13.3. The number of carbonyl (C=O) groups is 3. The summed E-state index contributed by atoms with van der Waals surface area (Å²) in [5.74, 6) is -4.22. The molecular formula is C16H15ClF2N2O5. The van der Waals surface area contributed by atoms with Gasteiger partial charge in [-0.15, -0.1) is 0 Å². The smallest absolute Gasteiger partial charge is 0.340 e. The van der Waals surface area contributed by atoms with Gasteiger partial charge in [0.2, 0.25) is 0 Å². The third-order valence-corrected chi connectivity index (χ3v) is 3.76. The van der Waals surface area contributed by atoms with E-state index in [-0.39, 0.29) is 22.9 Å². The second kappa shape index (κ2) is 8.13. The average molecular weight is 389 g/mol. The first-order valence-corrected chi connectivity index (χ1v) is 7.91. The molecule has 2 amide bonds. The van der Waals surface area contributed by atoms with E-state index in [0.29, 0.717) is 12.1 Å². The van der Waals surface area contributed by atoms with Gasteiger partial charge in [-0.05, 0) is 26.0 Å². The zero-order valence-corrected chi connectivity index (χ0v) is 14.6. The molecule has 2 N–H and O–H groups in total. The Labute approximate surface area is 152 Å². The lowest BCUT2D eigenvalue weighted by Gasteiger charge is -2.26. The van der Waals surface area contributed by atoms with E-state index in [1.54, 1.807) is 13.8 Å². The molecule has 0 saturated carbocycles. The molecule has 0 aliphatic carbocycles. The van der Waals surface area contributed by atoms with Gasteiger partial charge in [0.15, 0.2) is 11.6 Å². The van der Waals surface area contributed by atoms with E-state index in [0.717, 1.165) is 0 Å². The van der Waals surface area contributed by atoms with Crippen LogP contribution in [-0.2, 0) is 14.3 Å². The molecule has 1 unspecified atom stereocenters. The number of rotatable bonds is 5. The highest BCUT2D eigenvalue weighted by atomic mass is 35.5. The standard InChI is InChI=1S/C16H15ClF2N2O5/c1-3-25-15(23)13-7(2)20-16(24)21-12(13)6-26-14(22)8-4-10(18)11(19)5-9(8)17/h4-5,7H,3,6H2,1-2H3,(H2,20,21,24). The van der Waals surface area contributed by atoms with Crippen LogP contribution in [-0.4, -0.2) is 37.2 Å². The fraction of sp³-hybridized carbons (Fsp3) is 0.312. The topological polar surface area (TPSA) is 93.7 Å². The van der Waals surface area contributed by atoms with Crippen LogP contribution in [0.15, 0.2) is 23.4 Å². The third kappa shape index (κ3) is 4.29. The van der Waals surface area contributed by atoms with Crippen LogP contribution in [0.3, 0.4) is 0 Å². The fourth-order valence-electron chi connectivity index (χ4n) is 2.29. The minimum Gasteiger partial charge on any atom is -0.463 e. The Kier molecular flexibility index (Phi) is 6.14. The first kappa shape index (κ1) is 19.6. The highest BCUT2D eigenvalue weighted by molar-refractivity contribution is 6.33. The largest absolute Gasteiger partial charge is 0.463 e. The summed E-state index contributed by atoms with van der Waals surface area (Å²) in [5, 5.41) is 4.50. The van der Waals surface area contributed by atoms with Crippen LogP contribution in [0.25, 0.3) is 0 Å². The molecule has 0 bridgehead atoms. The minimum absolute atomic E-state index is 0.0201. The number of amides is 2. The maximum Gasteiger partial charge on any atom is 0.340 e. The molecule has 1 aromatic rings. The summed E-state index contributed by atoms with van der Waals surface area (Å²) in [6.07, 6.45) is 0. The van der Waals surface area contributed by atoms with Crippen molar-refractivity contribution in [3.05, 3.63) is 45.6 Å². The van der Waals surface area contributed by atoms with E-state index in [9.17, 15) is 23.2 Å². The molecule has 1 heterocycles. The van der Waals surface area contributed by atoms with Gasteiger partial charge in [-0.2, -0.15) is 0 Å². The number of benzene rings is 1. The highest BCUT2D eigenvalue weighted by Gasteiger charge is 2.30. The Morgan fingerprint density at radius 3 is 2.50 bits per heavy atom. The van der Waals surface area contributed by atoms with Gasteiger partial charge in [0.1, 0.15) is 6.61 Å². The third-order valence-electron chi connectivity index (χ3n) is 3.44. The Balaban J connectivity index is 2.23. The monoisotopic (exact) mass is 388 g/mol. The molecule has 0 fully saturated rings. The number of urea groups is 1. The predicted molar refractivity (Wildman–Crippen MR) is 86.4 cm³/mol. The Hall–Kier alpha value is -2.68. The van der Waals surface area contributed by atoms with Crippen molar-refractivity contribution in [1.82, 2.24) is 10.6 Å². The molecule has 0 radical (unpaired) electrons. The van der Waals surface area contributed by atoms with Gasteiger partial charge in [0.25, 0.3) is 0 Å². The average Bonchev–Trinajstić information content (AvgIpc) is 2.55. The summed E-state index contributed by atoms with van der Waals surface area (Å²) in [5.41, 5.74) is -0.292. The Morgan fingerprint density at radius 2 is 1.85 bits per heavy atom. The zero-order chi connectivity index (χ0) is 19.4. The number of halogens is 3. The number of esters is 2. The normalized spacial score (nSPS) is 16.7. The van der Waals surface area contributed by atoms with Crippen LogP contribution in [0.2, 0.25) is 5.02 Å². The molecule has 1 atom stereocenters. The van der Waals surface area contributed by atoms with Crippen LogP contribution in [0, 0.1) is 11.6 Å². The van der Waals surface area contributed by atoms with E-state index in [2.05, 4.69) is 10.6 Å². The first-order valence-electron chi connectivity index (χ1n) is 7.53. The van der Waals surface area contributed by atoms with Crippen molar-refractivity contribution in [2.45, 2.75) is 19.9 Å². The van der Waals surface area contributed by atoms with Crippen LogP contribution in [0.4, 0.5) is 13.6 Å². The van der Waals surface area contributed by atoms with Crippen molar-refractivity contribution < 1.29 is 32.6 Å². The first-order chi connectivity index (χ1) is 12.2. The van der Waals surface area contributed by atoms with Crippen molar-refractivity contribution in [3.63, 3.8) is 0 Å². The summed E-state index contributed by atoms with van der Waals surface area (Å²) in [7, 11) is 0. The van der Waals surface area contributed by atoms with Crippen molar-refractivity contribution in [2.75, 3.05) is 13.2 Å². The quantitative estimate of drug-likeness (QED) is 0.596. The summed E-state index contributed by atoms with van der Waals surface area (Å²) in [6, 6.07) is -0.0269. The number of nitrogens with one attached hydrogen (secondary N) is 2. The fourth-order valence-corrected chi connectivity index (χ4v) is 2.52. The number of hydrogen-bond acceptors (Lipinski definition) is 5. The molecule has 0 aromatic heterocycles. The van der Waals surface area contributed by atoms with E-state index >= 15 is 0 Å². The molecule has 1 aromatic carbocycles. The van der Waals surface area contributed by atoms with Gasteiger partial charge in [-0.3, -0.25) is 0 Å². The Bertz CT molecular complexity index is 797. The molecule has 140 valence electrons. The number of ether oxygens (including phenoxy) is 2. The Morgan fingerprint density at radius 1 is 1.19 bits per heavy atom. The van der Waals surface area contributed by atoms with Gasteiger partial charge in [0, 0.05) is 0 Å². The molecule has 1 aliphatic heterocycles.